The van der Waals surface area contributed by atoms with Gasteiger partial charge in [0.15, 0.2) is 0 Å². The maximum Gasteiger partial charge on any atom is 0.311 e. The number of hydrogen-bond acceptors (Lipinski definition) is 4. The van der Waals surface area contributed by atoms with Crippen LogP contribution in [0, 0.1) is 29.1 Å². The molecule has 0 spiro atoms. The van der Waals surface area contributed by atoms with E-state index in [-0.39, 0.29) is 16.3 Å². The van der Waals surface area contributed by atoms with Gasteiger partial charge in [-0.3, -0.25) is 4.79 Å². The minimum absolute atomic E-state index is 0.0199. The lowest BCUT2D eigenvalue weighted by atomic mass is 9.84. The molecule has 3 unspecified atom stereocenters. The average molecular weight is 432 g/mol. The topological polar surface area (TPSA) is 59.3 Å². The molecule has 29 heavy (non-hydrogen) atoms. The van der Waals surface area contributed by atoms with E-state index in [4.69, 9.17) is 32.7 Å². The molecule has 6 heteroatoms. The third-order valence-corrected chi connectivity index (χ3v) is 4.69. The number of allylic oxidation sites excluding steroid dienone is 1. The lowest BCUT2D eigenvalue weighted by Crippen LogP contribution is -2.29. The molecular weight excluding hydrogens is 409 g/mol. The second kappa shape index (κ2) is 10.9. The molecule has 4 nitrogen and oxygen atoms in total. The van der Waals surface area contributed by atoms with E-state index in [0.29, 0.717) is 17.1 Å². The summed E-state index contributed by atoms with van der Waals surface area (Å²) in [4.78, 5) is 12.8. The molecule has 3 atom stereocenters. The Morgan fingerprint density at radius 3 is 2.28 bits per heavy atom. The van der Waals surface area contributed by atoms with Gasteiger partial charge in [0.1, 0.15) is 22.1 Å². The zero-order chi connectivity index (χ0) is 21.4. The monoisotopic (exact) mass is 431 g/mol. The van der Waals surface area contributed by atoms with Crippen LogP contribution in [0.1, 0.15) is 32.4 Å². The molecule has 0 radical (unpaired) electrons. The summed E-state index contributed by atoms with van der Waals surface area (Å²) in [6.45, 7) is 5.66. The molecule has 2 rings (SSSR count). The number of esters is 1. The summed E-state index contributed by atoms with van der Waals surface area (Å²) in [5, 5.41) is 9.59. The van der Waals surface area contributed by atoms with E-state index in [0.717, 1.165) is 0 Å². The Balaban J connectivity index is 2.18. The summed E-state index contributed by atoms with van der Waals surface area (Å²) in [7, 11) is 0. The van der Waals surface area contributed by atoms with E-state index in [2.05, 4.69) is 0 Å². The zero-order valence-corrected chi connectivity index (χ0v) is 18.0. The number of para-hydroxylation sites is 1. The highest BCUT2D eigenvalue weighted by molar-refractivity contribution is 6.55. The quantitative estimate of drug-likeness (QED) is 0.430. The van der Waals surface area contributed by atoms with Gasteiger partial charge in [-0.2, -0.15) is 5.26 Å². The number of ether oxygens (including phenoxy) is 2. The molecule has 0 saturated heterocycles. The minimum atomic E-state index is -1.05. The molecule has 2 aromatic carbocycles. The first-order valence-corrected chi connectivity index (χ1v) is 10.0. The van der Waals surface area contributed by atoms with Crippen molar-refractivity contribution < 1.29 is 14.3 Å². The summed E-state index contributed by atoms with van der Waals surface area (Å²) >= 11 is 11.5. The number of rotatable bonds is 8. The molecule has 152 valence electrons. The van der Waals surface area contributed by atoms with Crippen LogP contribution in [-0.2, 0) is 9.53 Å². The third kappa shape index (κ3) is 6.81. The number of benzene rings is 2. The van der Waals surface area contributed by atoms with E-state index in [1.54, 1.807) is 30.3 Å². The molecule has 0 heterocycles. The Labute approximate surface area is 181 Å². The van der Waals surface area contributed by atoms with Crippen molar-refractivity contribution in [1.82, 2.24) is 0 Å². The van der Waals surface area contributed by atoms with Crippen molar-refractivity contribution in [1.29, 1.82) is 5.26 Å². The molecule has 0 fully saturated rings. The second-order valence-electron chi connectivity index (χ2n) is 7.02. The van der Waals surface area contributed by atoms with E-state index >= 15 is 0 Å². The number of nitriles is 1. The van der Waals surface area contributed by atoms with Crippen LogP contribution < -0.4 is 4.74 Å². The van der Waals surface area contributed by atoms with Gasteiger partial charge in [-0.1, -0.05) is 80.4 Å². The standard InChI is InChI=1S/C23H23Cl2NO3/c1-15(2)22(16(3)12-21(24)25)23(27)29-20(14-26)17-8-7-11-19(13-17)28-18-9-5-4-6-10-18/h4-13,15-16,20,22H,1-3H3. The van der Waals surface area contributed by atoms with Crippen molar-refractivity contribution in [2.24, 2.45) is 17.8 Å². The summed E-state index contributed by atoms with van der Waals surface area (Å²) < 4.78 is 11.4. The van der Waals surface area contributed by atoms with Crippen LogP contribution in [0.15, 0.2) is 65.2 Å². The lowest BCUT2D eigenvalue weighted by Gasteiger charge is -2.25. The predicted molar refractivity (Wildman–Crippen MR) is 115 cm³/mol. The molecule has 0 aliphatic carbocycles. The smallest absolute Gasteiger partial charge is 0.311 e. The largest absolute Gasteiger partial charge is 0.457 e. The number of nitrogens with zero attached hydrogens (tertiary/aromatic N) is 1. The van der Waals surface area contributed by atoms with Crippen LogP contribution in [0.4, 0.5) is 0 Å². The Morgan fingerprint density at radius 1 is 1.03 bits per heavy atom. The first-order chi connectivity index (χ1) is 13.8. The van der Waals surface area contributed by atoms with Crippen LogP contribution in [-0.4, -0.2) is 5.97 Å². The number of halogens is 2. The van der Waals surface area contributed by atoms with Crippen molar-refractivity contribution in [3.63, 3.8) is 0 Å². The highest BCUT2D eigenvalue weighted by Crippen LogP contribution is 2.30. The Morgan fingerprint density at radius 2 is 1.69 bits per heavy atom. The van der Waals surface area contributed by atoms with Crippen LogP contribution in [0.2, 0.25) is 0 Å². The molecule has 0 aliphatic rings. The van der Waals surface area contributed by atoms with Crippen molar-refractivity contribution in [3.05, 3.63) is 70.7 Å². The van der Waals surface area contributed by atoms with Crippen molar-refractivity contribution in [2.75, 3.05) is 0 Å². The summed E-state index contributed by atoms with van der Waals surface area (Å²) in [6.07, 6.45) is 0.552. The van der Waals surface area contributed by atoms with E-state index in [1.807, 2.05) is 57.2 Å². The summed E-state index contributed by atoms with van der Waals surface area (Å²) in [6, 6.07) is 18.3. The molecule has 0 saturated carbocycles. The Hall–Kier alpha value is -2.48. The fourth-order valence-electron chi connectivity index (χ4n) is 3.13. The molecule has 0 aromatic heterocycles. The normalized spacial score (nSPS) is 13.7. The molecule has 0 N–H and O–H groups in total. The average Bonchev–Trinajstić information content (AvgIpc) is 2.66. The first-order valence-electron chi connectivity index (χ1n) is 9.27. The van der Waals surface area contributed by atoms with Gasteiger partial charge in [0.05, 0.1) is 5.92 Å². The maximum atomic E-state index is 12.8. The van der Waals surface area contributed by atoms with Gasteiger partial charge in [0.25, 0.3) is 0 Å². The fraction of sp³-hybridized carbons (Fsp3) is 0.304. The van der Waals surface area contributed by atoms with Crippen LogP contribution in [0.25, 0.3) is 0 Å². The van der Waals surface area contributed by atoms with Gasteiger partial charge in [-0.05, 0) is 36.1 Å². The summed E-state index contributed by atoms with van der Waals surface area (Å²) in [5.41, 5.74) is 0.537. The van der Waals surface area contributed by atoms with Gasteiger partial charge in [-0.25, -0.2) is 0 Å². The van der Waals surface area contributed by atoms with Gasteiger partial charge < -0.3 is 9.47 Å². The molecular formula is C23H23Cl2NO3. The third-order valence-electron chi connectivity index (χ3n) is 4.44. The van der Waals surface area contributed by atoms with Gasteiger partial charge in [0, 0.05) is 5.56 Å². The van der Waals surface area contributed by atoms with Crippen LogP contribution in [0.5, 0.6) is 11.5 Å². The van der Waals surface area contributed by atoms with Gasteiger partial charge in [-0.15, -0.1) is 0 Å². The van der Waals surface area contributed by atoms with Crippen molar-refractivity contribution >= 4 is 29.2 Å². The highest BCUT2D eigenvalue weighted by atomic mass is 35.5. The first kappa shape index (κ1) is 22.8. The van der Waals surface area contributed by atoms with Crippen molar-refractivity contribution in [3.8, 4) is 17.6 Å². The van der Waals surface area contributed by atoms with Crippen LogP contribution in [0.3, 0.4) is 0 Å². The van der Waals surface area contributed by atoms with Crippen LogP contribution >= 0.6 is 23.2 Å². The predicted octanol–water partition coefficient (Wildman–Crippen LogP) is 6.81. The van der Waals surface area contributed by atoms with Gasteiger partial charge in [0.2, 0.25) is 6.10 Å². The SMILES string of the molecule is CC(C)C(C(=O)OC(C#N)c1cccc(Oc2ccccc2)c1)C(C)C=C(Cl)Cl. The van der Waals surface area contributed by atoms with E-state index in [1.165, 1.54) is 0 Å². The zero-order valence-electron chi connectivity index (χ0n) is 16.5. The number of carbonyl (C=O) groups excluding carboxylic acids is 1. The van der Waals surface area contributed by atoms with Crippen molar-refractivity contribution in [2.45, 2.75) is 26.9 Å². The number of hydrogen-bond donors (Lipinski definition) is 0. The molecule has 0 bridgehead atoms. The van der Waals surface area contributed by atoms with Gasteiger partial charge >= 0.3 is 5.97 Å². The molecule has 2 aromatic rings. The molecule has 0 amide bonds. The molecule has 0 aliphatic heterocycles. The van der Waals surface area contributed by atoms with E-state index < -0.39 is 18.0 Å². The Kier molecular flexibility index (Phi) is 8.57. The maximum absolute atomic E-state index is 12.8. The minimum Gasteiger partial charge on any atom is -0.457 e. The Bertz CT molecular complexity index is 886. The van der Waals surface area contributed by atoms with E-state index in [9.17, 15) is 10.1 Å². The lowest BCUT2D eigenvalue weighted by molar-refractivity contribution is -0.154. The fourth-order valence-corrected chi connectivity index (χ4v) is 3.52. The summed E-state index contributed by atoms with van der Waals surface area (Å²) in [5.74, 6) is 0.0127. The second-order valence-corrected chi connectivity index (χ2v) is 8.03. The number of carbonyl (C=O) groups is 1. The highest BCUT2D eigenvalue weighted by Gasteiger charge is 2.31.